The van der Waals surface area contributed by atoms with Gasteiger partial charge >= 0.3 is 6.18 Å². The summed E-state index contributed by atoms with van der Waals surface area (Å²) < 4.78 is 37.7. The minimum Gasteiger partial charge on any atom is -0.355 e. The van der Waals surface area contributed by atoms with Crippen LogP contribution in [0.1, 0.15) is 18.4 Å². The zero-order valence-electron chi connectivity index (χ0n) is 11.3. The second-order valence-corrected chi connectivity index (χ2v) is 5.12. The summed E-state index contributed by atoms with van der Waals surface area (Å²) in [4.78, 5) is 5.55. The van der Waals surface area contributed by atoms with Gasteiger partial charge in [-0.2, -0.15) is 23.7 Å². The third kappa shape index (κ3) is 3.32. The molecule has 1 aromatic heterocycles. The number of alkyl halides is 3. The molecule has 0 unspecified atom stereocenters. The molecule has 1 aliphatic heterocycles. The van der Waals surface area contributed by atoms with E-state index < -0.39 is 11.7 Å². The number of hydrogen-bond acceptors (Lipinski definition) is 4. The second kappa shape index (κ2) is 6.25. The predicted molar refractivity (Wildman–Crippen MR) is 73.9 cm³/mol. The van der Waals surface area contributed by atoms with E-state index >= 15 is 0 Å². The van der Waals surface area contributed by atoms with E-state index in [1.165, 1.54) is 0 Å². The molecule has 22 heavy (non-hydrogen) atoms. The normalized spacial score (nSPS) is 15.2. The maximum atomic E-state index is 12.6. The number of halogens is 4. The molecule has 0 spiro atoms. The van der Waals surface area contributed by atoms with Crippen LogP contribution in [0.5, 0.6) is 0 Å². The number of nitrogens with zero attached hydrogens (tertiary/aromatic N) is 4. The molecule has 1 aromatic rings. The Kier molecular flexibility index (Phi) is 4.58. The van der Waals surface area contributed by atoms with E-state index in [1.54, 1.807) is 4.90 Å². The SMILES string of the molecule is N#CC(C#N)=C1CCN(c2ncc(C(F)(F)F)cc2Cl)CC1. The van der Waals surface area contributed by atoms with Gasteiger partial charge in [0.2, 0.25) is 0 Å². The van der Waals surface area contributed by atoms with E-state index in [9.17, 15) is 13.2 Å². The van der Waals surface area contributed by atoms with Crippen LogP contribution in [0.15, 0.2) is 23.4 Å². The summed E-state index contributed by atoms with van der Waals surface area (Å²) >= 11 is 5.90. The van der Waals surface area contributed by atoms with Gasteiger partial charge in [-0.15, -0.1) is 0 Å². The molecule has 1 fully saturated rings. The van der Waals surface area contributed by atoms with Crippen molar-refractivity contribution in [1.82, 2.24) is 4.98 Å². The minimum atomic E-state index is -4.48. The van der Waals surface area contributed by atoms with E-state index in [1.807, 2.05) is 12.1 Å². The summed E-state index contributed by atoms with van der Waals surface area (Å²) in [6.45, 7) is 0.889. The van der Waals surface area contributed by atoms with Gasteiger partial charge in [0.15, 0.2) is 0 Å². The van der Waals surface area contributed by atoms with Crippen LogP contribution in [-0.4, -0.2) is 18.1 Å². The van der Waals surface area contributed by atoms with Crippen molar-refractivity contribution in [1.29, 1.82) is 10.5 Å². The lowest BCUT2D eigenvalue weighted by Gasteiger charge is -2.30. The van der Waals surface area contributed by atoms with Gasteiger partial charge in [0.1, 0.15) is 23.5 Å². The Bertz CT molecular complexity index is 672. The van der Waals surface area contributed by atoms with Crippen molar-refractivity contribution >= 4 is 17.4 Å². The van der Waals surface area contributed by atoms with Gasteiger partial charge in [-0.1, -0.05) is 11.6 Å². The molecular weight excluding hydrogens is 317 g/mol. The minimum absolute atomic E-state index is 0.0666. The van der Waals surface area contributed by atoms with Crippen LogP contribution in [0.3, 0.4) is 0 Å². The summed E-state index contributed by atoms with van der Waals surface area (Å²) in [5.74, 6) is 0.282. The van der Waals surface area contributed by atoms with Crippen molar-refractivity contribution in [2.45, 2.75) is 19.0 Å². The van der Waals surface area contributed by atoms with E-state index in [4.69, 9.17) is 22.1 Å². The highest BCUT2D eigenvalue weighted by Crippen LogP contribution is 2.34. The van der Waals surface area contributed by atoms with Crippen molar-refractivity contribution in [3.8, 4) is 12.1 Å². The highest BCUT2D eigenvalue weighted by Gasteiger charge is 2.32. The van der Waals surface area contributed by atoms with Crippen LogP contribution in [0.25, 0.3) is 0 Å². The molecule has 114 valence electrons. The standard InChI is InChI=1S/C14H10ClF3N4/c15-12-5-11(14(16,17)18)8-21-13(12)22-3-1-9(2-4-22)10(6-19)7-20/h5,8H,1-4H2. The first-order chi connectivity index (χ1) is 10.4. The summed E-state index contributed by atoms with van der Waals surface area (Å²) in [7, 11) is 0. The molecule has 1 aliphatic rings. The first kappa shape index (κ1) is 16.1. The molecule has 4 nitrogen and oxygen atoms in total. The summed E-state index contributed by atoms with van der Waals surface area (Å²) in [5.41, 5.74) is -0.0366. The predicted octanol–water partition coefficient (Wildman–Crippen LogP) is 3.70. The van der Waals surface area contributed by atoms with Gasteiger partial charge in [0.25, 0.3) is 0 Å². The second-order valence-electron chi connectivity index (χ2n) is 4.72. The van der Waals surface area contributed by atoms with Gasteiger partial charge in [-0.3, -0.25) is 0 Å². The van der Waals surface area contributed by atoms with E-state index in [2.05, 4.69) is 4.98 Å². The molecule has 0 atom stereocenters. The number of rotatable bonds is 1. The number of pyridine rings is 1. The lowest BCUT2D eigenvalue weighted by Crippen LogP contribution is -2.32. The Morgan fingerprint density at radius 2 is 1.82 bits per heavy atom. The van der Waals surface area contributed by atoms with Gasteiger partial charge < -0.3 is 4.90 Å². The van der Waals surface area contributed by atoms with Crippen LogP contribution in [0.4, 0.5) is 19.0 Å². The lowest BCUT2D eigenvalue weighted by atomic mass is 9.99. The van der Waals surface area contributed by atoms with Crippen LogP contribution in [0, 0.1) is 22.7 Å². The average molecular weight is 327 g/mol. The van der Waals surface area contributed by atoms with Crippen molar-refractivity contribution in [3.05, 3.63) is 34.0 Å². The number of nitriles is 2. The maximum Gasteiger partial charge on any atom is 0.417 e. The number of piperidine rings is 1. The zero-order chi connectivity index (χ0) is 16.3. The fourth-order valence-corrected chi connectivity index (χ4v) is 2.53. The molecule has 2 rings (SSSR count). The number of hydrogen-bond donors (Lipinski definition) is 0. The van der Waals surface area contributed by atoms with Crippen molar-refractivity contribution in [3.63, 3.8) is 0 Å². The van der Waals surface area contributed by atoms with Crippen LogP contribution >= 0.6 is 11.6 Å². The van der Waals surface area contributed by atoms with E-state index in [0.29, 0.717) is 25.9 Å². The number of anilines is 1. The number of aromatic nitrogens is 1. The quantitative estimate of drug-likeness (QED) is 0.738. The van der Waals surface area contributed by atoms with Gasteiger partial charge in [-0.05, 0) is 24.5 Å². The number of allylic oxidation sites excluding steroid dienone is 1. The first-order valence-electron chi connectivity index (χ1n) is 6.36. The molecule has 0 bridgehead atoms. The summed E-state index contributed by atoms with van der Waals surface area (Å²) in [6.07, 6.45) is -2.77. The molecule has 0 aliphatic carbocycles. The molecule has 0 aromatic carbocycles. The Hall–Kier alpha value is -2.25. The molecule has 0 N–H and O–H groups in total. The largest absolute Gasteiger partial charge is 0.417 e. The fraction of sp³-hybridized carbons (Fsp3) is 0.357. The molecule has 1 saturated heterocycles. The molecule has 0 saturated carbocycles. The van der Waals surface area contributed by atoms with Crippen molar-refractivity contribution in [2.75, 3.05) is 18.0 Å². The summed E-state index contributed by atoms with van der Waals surface area (Å²) in [6, 6.07) is 4.54. The Labute approximate surface area is 130 Å². The van der Waals surface area contributed by atoms with E-state index in [-0.39, 0.29) is 16.4 Å². The summed E-state index contributed by atoms with van der Waals surface area (Å²) in [5, 5.41) is 17.6. The third-order valence-corrected chi connectivity index (χ3v) is 3.67. The topological polar surface area (TPSA) is 63.7 Å². The van der Waals surface area contributed by atoms with Gasteiger partial charge in [0.05, 0.1) is 10.6 Å². The Morgan fingerprint density at radius 3 is 2.27 bits per heavy atom. The van der Waals surface area contributed by atoms with Gasteiger partial charge in [0, 0.05) is 19.3 Å². The molecule has 2 heterocycles. The van der Waals surface area contributed by atoms with Crippen molar-refractivity contribution < 1.29 is 13.2 Å². The molecular formula is C14H10ClF3N4. The third-order valence-electron chi connectivity index (χ3n) is 3.39. The fourth-order valence-electron chi connectivity index (χ4n) is 2.24. The van der Waals surface area contributed by atoms with Crippen LogP contribution in [0.2, 0.25) is 5.02 Å². The first-order valence-corrected chi connectivity index (χ1v) is 6.74. The Morgan fingerprint density at radius 1 is 1.23 bits per heavy atom. The van der Waals surface area contributed by atoms with E-state index in [0.717, 1.165) is 17.8 Å². The highest BCUT2D eigenvalue weighted by molar-refractivity contribution is 6.33. The van der Waals surface area contributed by atoms with Crippen LogP contribution < -0.4 is 4.90 Å². The smallest absolute Gasteiger partial charge is 0.355 e. The monoisotopic (exact) mass is 326 g/mol. The average Bonchev–Trinajstić information content (AvgIpc) is 2.48. The lowest BCUT2D eigenvalue weighted by molar-refractivity contribution is -0.137. The van der Waals surface area contributed by atoms with Crippen molar-refractivity contribution in [2.24, 2.45) is 0 Å². The highest BCUT2D eigenvalue weighted by atomic mass is 35.5. The Balaban J connectivity index is 2.18. The maximum absolute atomic E-state index is 12.6. The molecule has 0 amide bonds. The molecule has 0 radical (unpaired) electrons. The van der Waals surface area contributed by atoms with Crippen LogP contribution in [-0.2, 0) is 6.18 Å². The molecule has 8 heteroatoms. The zero-order valence-corrected chi connectivity index (χ0v) is 12.0. The van der Waals surface area contributed by atoms with Gasteiger partial charge in [-0.25, -0.2) is 4.98 Å².